The molecule has 110 valence electrons. The van der Waals surface area contributed by atoms with Gasteiger partial charge in [-0.15, -0.1) is 0 Å². The van der Waals surface area contributed by atoms with E-state index in [9.17, 15) is 23.3 Å². The second kappa shape index (κ2) is 5.12. The molecule has 1 saturated heterocycles. The van der Waals surface area contributed by atoms with Gasteiger partial charge in [0.2, 0.25) is 15.9 Å². The molecule has 1 aliphatic heterocycles. The largest absolute Gasteiger partial charge is 0.310 e. The number of non-ortho nitro benzene ring substituents is 1. The van der Waals surface area contributed by atoms with Gasteiger partial charge in [0.1, 0.15) is 11.3 Å². The number of hydrogen-bond acceptors (Lipinski definition) is 6. The van der Waals surface area contributed by atoms with Crippen molar-refractivity contribution in [3.05, 3.63) is 33.9 Å². The minimum atomic E-state index is -3.87. The van der Waals surface area contributed by atoms with Gasteiger partial charge in [-0.25, -0.2) is 13.6 Å². The Bertz CT molecular complexity index is 767. The summed E-state index contributed by atoms with van der Waals surface area (Å²) in [6.45, 7) is -0.176. The van der Waals surface area contributed by atoms with Crippen molar-refractivity contribution in [1.82, 2.24) is 0 Å². The Morgan fingerprint density at radius 3 is 2.62 bits per heavy atom. The number of benzene rings is 1. The van der Waals surface area contributed by atoms with E-state index in [4.69, 9.17) is 10.4 Å². The lowest BCUT2D eigenvalue weighted by Gasteiger charge is -2.17. The van der Waals surface area contributed by atoms with Gasteiger partial charge in [0.05, 0.1) is 16.2 Å². The molecular weight excluding hydrogens is 300 g/mol. The number of nitro groups is 1. The number of nitrogens with two attached hydrogens (primary N) is 1. The monoisotopic (exact) mass is 310 g/mol. The Hall–Kier alpha value is -2.51. The topological polar surface area (TPSA) is 147 Å². The first kappa shape index (κ1) is 14.9. The number of amides is 1. The summed E-state index contributed by atoms with van der Waals surface area (Å²) >= 11 is 0. The molecule has 1 fully saturated rings. The van der Waals surface area contributed by atoms with E-state index in [1.54, 1.807) is 6.07 Å². The highest BCUT2D eigenvalue weighted by Crippen LogP contribution is 2.29. The molecular formula is C11H10N4O5S. The van der Waals surface area contributed by atoms with Crippen LogP contribution in [0.15, 0.2) is 18.2 Å². The first-order valence-electron chi connectivity index (χ1n) is 5.74. The van der Waals surface area contributed by atoms with Gasteiger partial charge in [0, 0.05) is 25.1 Å². The van der Waals surface area contributed by atoms with Gasteiger partial charge < -0.3 is 4.90 Å². The second-order valence-corrected chi connectivity index (χ2v) is 6.33. The highest BCUT2D eigenvalue weighted by atomic mass is 32.2. The van der Waals surface area contributed by atoms with Crippen molar-refractivity contribution in [3.63, 3.8) is 0 Å². The van der Waals surface area contributed by atoms with Crippen LogP contribution < -0.4 is 10.0 Å². The zero-order valence-corrected chi connectivity index (χ0v) is 11.4. The molecule has 0 aromatic heterocycles. The van der Waals surface area contributed by atoms with Crippen molar-refractivity contribution in [2.24, 2.45) is 5.14 Å². The standard InChI is InChI=1S/C11H10N4O5S/c12-5-7-3-8(15(17)18)1-2-10(7)14-6-9(4-11(14)16)21(13,19)20/h1-3,9H,4,6H2,(H2,13,19,20). The molecule has 10 heteroatoms. The number of nitro benzene ring substituents is 1. The van der Waals surface area contributed by atoms with Crippen LogP contribution in [-0.2, 0) is 14.8 Å². The van der Waals surface area contributed by atoms with Gasteiger partial charge in [-0.3, -0.25) is 14.9 Å². The van der Waals surface area contributed by atoms with Crippen LogP contribution in [-0.4, -0.2) is 31.0 Å². The lowest BCUT2D eigenvalue weighted by molar-refractivity contribution is -0.384. The molecule has 0 spiro atoms. The molecule has 0 radical (unpaired) electrons. The first-order valence-corrected chi connectivity index (χ1v) is 7.35. The van der Waals surface area contributed by atoms with Crippen LogP contribution in [0.5, 0.6) is 0 Å². The van der Waals surface area contributed by atoms with Gasteiger partial charge in [0.15, 0.2) is 0 Å². The van der Waals surface area contributed by atoms with Crippen LogP contribution in [0.4, 0.5) is 11.4 Å². The molecule has 1 aromatic carbocycles. The Morgan fingerprint density at radius 2 is 2.14 bits per heavy atom. The van der Waals surface area contributed by atoms with E-state index in [-0.39, 0.29) is 29.9 Å². The molecule has 1 unspecified atom stereocenters. The maximum atomic E-state index is 11.9. The molecule has 0 bridgehead atoms. The maximum absolute atomic E-state index is 11.9. The summed E-state index contributed by atoms with van der Waals surface area (Å²) < 4.78 is 22.6. The number of anilines is 1. The fourth-order valence-electron chi connectivity index (χ4n) is 2.09. The van der Waals surface area contributed by atoms with Gasteiger partial charge in [-0.2, -0.15) is 5.26 Å². The van der Waals surface area contributed by atoms with Gasteiger partial charge in [0.25, 0.3) is 5.69 Å². The molecule has 1 atom stereocenters. The first-order chi connectivity index (χ1) is 9.74. The van der Waals surface area contributed by atoms with Crippen LogP contribution in [0, 0.1) is 21.4 Å². The summed E-state index contributed by atoms with van der Waals surface area (Å²) in [5.41, 5.74) is -0.225. The molecule has 2 N–H and O–H groups in total. The van der Waals surface area contributed by atoms with E-state index >= 15 is 0 Å². The molecule has 1 aromatic rings. The summed E-state index contributed by atoms with van der Waals surface area (Å²) in [7, 11) is -3.87. The smallest absolute Gasteiger partial charge is 0.270 e. The van der Waals surface area contributed by atoms with E-state index in [0.717, 1.165) is 17.0 Å². The van der Waals surface area contributed by atoms with Crippen molar-refractivity contribution >= 4 is 27.3 Å². The van der Waals surface area contributed by atoms with Crippen LogP contribution in [0.25, 0.3) is 0 Å². The fraction of sp³-hybridized carbons (Fsp3) is 0.273. The number of nitriles is 1. The normalized spacial score (nSPS) is 18.6. The van der Waals surface area contributed by atoms with Crippen LogP contribution in [0.1, 0.15) is 12.0 Å². The number of hydrogen-bond donors (Lipinski definition) is 1. The quantitative estimate of drug-likeness (QED) is 0.607. The Kier molecular flexibility index (Phi) is 3.63. The minimum Gasteiger partial charge on any atom is -0.310 e. The van der Waals surface area contributed by atoms with Crippen molar-refractivity contribution in [2.75, 3.05) is 11.4 Å². The van der Waals surface area contributed by atoms with E-state index in [0.29, 0.717) is 0 Å². The Balaban J connectivity index is 2.42. The zero-order chi connectivity index (χ0) is 15.8. The van der Waals surface area contributed by atoms with E-state index in [1.807, 2.05) is 0 Å². The van der Waals surface area contributed by atoms with Crippen molar-refractivity contribution in [2.45, 2.75) is 11.7 Å². The molecule has 1 amide bonds. The molecule has 21 heavy (non-hydrogen) atoms. The van der Waals surface area contributed by atoms with Crippen LogP contribution in [0.3, 0.4) is 0 Å². The summed E-state index contributed by atoms with van der Waals surface area (Å²) in [6, 6.07) is 5.19. The van der Waals surface area contributed by atoms with E-state index in [1.165, 1.54) is 6.07 Å². The fourth-order valence-corrected chi connectivity index (χ4v) is 2.82. The summed E-state index contributed by atoms with van der Waals surface area (Å²) in [6.07, 6.45) is -0.277. The third-order valence-corrected chi connectivity index (χ3v) is 4.40. The number of rotatable bonds is 3. The second-order valence-electron chi connectivity index (χ2n) is 4.49. The summed E-state index contributed by atoms with van der Waals surface area (Å²) in [4.78, 5) is 23.0. The molecule has 1 heterocycles. The molecule has 9 nitrogen and oxygen atoms in total. The number of carbonyl (C=O) groups excluding carboxylic acids is 1. The number of primary sulfonamides is 1. The summed E-state index contributed by atoms with van der Waals surface area (Å²) in [5, 5.41) is 23.7. The Labute approximate surface area is 119 Å². The average molecular weight is 310 g/mol. The third-order valence-electron chi connectivity index (χ3n) is 3.16. The number of carbonyl (C=O) groups is 1. The molecule has 1 aliphatic rings. The number of nitrogens with zero attached hydrogens (tertiary/aromatic N) is 3. The number of sulfonamides is 1. The van der Waals surface area contributed by atoms with E-state index < -0.39 is 26.1 Å². The van der Waals surface area contributed by atoms with E-state index in [2.05, 4.69) is 0 Å². The van der Waals surface area contributed by atoms with Gasteiger partial charge >= 0.3 is 0 Å². The minimum absolute atomic E-state index is 0.0763. The van der Waals surface area contributed by atoms with Crippen molar-refractivity contribution in [1.29, 1.82) is 5.26 Å². The molecule has 0 saturated carbocycles. The summed E-state index contributed by atoms with van der Waals surface area (Å²) in [5.74, 6) is -0.501. The van der Waals surface area contributed by atoms with Gasteiger partial charge in [-0.05, 0) is 6.07 Å². The zero-order valence-electron chi connectivity index (χ0n) is 10.6. The predicted octanol–water partition coefficient (Wildman–Crippen LogP) is -0.140. The average Bonchev–Trinajstić information content (AvgIpc) is 2.79. The molecule has 0 aliphatic carbocycles. The Morgan fingerprint density at radius 1 is 1.48 bits per heavy atom. The van der Waals surface area contributed by atoms with Crippen molar-refractivity contribution in [3.8, 4) is 6.07 Å². The maximum Gasteiger partial charge on any atom is 0.270 e. The predicted molar refractivity (Wildman–Crippen MR) is 71.7 cm³/mol. The van der Waals surface area contributed by atoms with Crippen LogP contribution >= 0.6 is 0 Å². The lowest BCUT2D eigenvalue weighted by Crippen LogP contribution is -2.32. The highest BCUT2D eigenvalue weighted by molar-refractivity contribution is 7.89. The SMILES string of the molecule is N#Cc1cc([N+](=O)[O-])ccc1N1CC(S(N)(=O)=O)CC1=O. The van der Waals surface area contributed by atoms with Crippen LogP contribution in [0.2, 0.25) is 0 Å². The molecule has 2 rings (SSSR count). The third kappa shape index (κ3) is 2.83. The lowest BCUT2D eigenvalue weighted by atomic mass is 10.1. The van der Waals surface area contributed by atoms with Crippen molar-refractivity contribution < 1.29 is 18.1 Å². The highest BCUT2D eigenvalue weighted by Gasteiger charge is 2.38. The van der Waals surface area contributed by atoms with Gasteiger partial charge in [-0.1, -0.05) is 0 Å².